The SMILES string of the molecule is CC(/C=C/c1ccc2c(c1)OCO2)=N/NC(=O)COc1cc(C)ccc1C(C)C. The van der Waals surface area contributed by atoms with Crippen molar-refractivity contribution >= 4 is 17.7 Å². The normalized spacial score (nSPS) is 13.2. The summed E-state index contributed by atoms with van der Waals surface area (Å²) in [6.07, 6.45) is 3.71. The van der Waals surface area contributed by atoms with Crippen molar-refractivity contribution in [2.45, 2.75) is 33.6 Å². The van der Waals surface area contributed by atoms with Crippen molar-refractivity contribution in [1.82, 2.24) is 5.43 Å². The van der Waals surface area contributed by atoms with Gasteiger partial charge in [0.05, 0.1) is 5.71 Å². The van der Waals surface area contributed by atoms with E-state index in [4.69, 9.17) is 14.2 Å². The summed E-state index contributed by atoms with van der Waals surface area (Å²) in [5.74, 6) is 2.21. The third-order valence-corrected chi connectivity index (χ3v) is 4.42. The summed E-state index contributed by atoms with van der Waals surface area (Å²) in [5, 5.41) is 4.09. The molecule has 0 saturated heterocycles. The second-order valence-electron chi connectivity index (χ2n) is 7.22. The molecule has 0 aliphatic carbocycles. The maximum atomic E-state index is 12.1. The van der Waals surface area contributed by atoms with Crippen LogP contribution in [0.15, 0.2) is 47.6 Å². The minimum absolute atomic E-state index is 0.0914. The van der Waals surface area contributed by atoms with E-state index in [0.717, 1.165) is 33.9 Å². The number of rotatable bonds is 7. The van der Waals surface area contributed by atoms with Gasteiger partial charge in [-0.05, 0) is 60.7 Å². The molecule has 1 amide bonds. The van der Waals surface area contributed by atoms with Gasteiger partial charge in [0, 0.05) is 0 Å². The summed E-state index contributed by atoms with van der Waals surface area (Å²) < 4.78 is 16.4. The van der Waals surface area contributed by atoms with Crippen molar-refractivity contribution in [3.63, 3.8) is 0 Å². The Hall–Kier alpha value is -3.28. The van der Waals surface area contributed by atoms with Crippen molar-refractivity contribution in [3.8, 4) is 17.2 Å². The van der Waals surface area contributed by atoms with Gasteiger partial charge in [0.15, 0.2) is 18.1 Å². The monoisotopic (exact) mass is 394 g/mol. The molecule has 3 rings (SSSR count). The molecule has 0 atom stereocenters. The number of fused-ring (bicyclic) bond motifs is 1. The van der Waals surface area contributed by atoms with Crippen LogP contribution in [0.1, 0.15) is 43.4 Å². The Morgan fingerprint density at radius 2 is 2.00 bits per heavy atom. The molecule has 0 aromatic heterocycles. The number of carbonyl (C=O) groups is 1. The number of nitrogens with zero attached hydrogens (tertiary/aromatic N) is 1. The molecule has 0 spiro atoms. The highest BCUT2D eigenvalue weighted by atomic mass is 16.7. The molecule has 0 bridgehead atoms. The molecule has 0 unspecified atom stereocenters. The first-order chi connectivity index (χ1) is 13.9. The topological polar surface area (TPSA) is 69.2 Å². The largest absolute Gasteiger partial charge is 0.483 e. The van der Waals surface area contributed by atoms with Crippen molar-refractivity contribution in [2.75, 3.05) is 13.4 Å². The fourth-order valence-corrected chi connectivity index (χ4v) is 2.84. The number of amides is 1. The van der Waals surface area contributed by atoms with Crippen LogP contribution in [-0.2, 0) is 4.79 Å². The number of carbonyl (C=O) groups excluding carboxylic acids is 1. The van der Waals surface area contributed by atoms with Gasteiger partial charge in [-0.2, -0.15) is 5.10 Å². The second kappa shape index (κ2) is 9.28. The number of aryl methyl sites for hydroxylation is 1. The zero-order valence-corrected chi connectivity index (χ0v) is 17.2. The van der Waals surface area contributed by atoms with E-state index in [1.54, 1.807) is 0 Å². The van der Waals surface area contributed by atoms with Crippen LogP contribution in [0.2, 0.25) is 0 Å². The van der Waals surface area contributed by atoms with Crippen molar-refractivity contribution in [1.29, 1.82) is 0 Å². The minimum Gasteiger partial charge on any atom is -0.483 e. The molecule has 1 N–H and O–H groups in total. The highest BCUT2D eigenvalue weighted by Gasteiger charge is 2.12. The summed E-state index contributed by atoms with van der Waals surface area (Å²) in [6.45, 7) is 8.15. The Bertz CT molecular complexity index is 948. The van der Waals surface area contributed by atoms with E-state index in [2.05, 4.69) is 24.4 Å². The van der Waals surface area contributed by atoms with E-state index in [1.165, 1.54) is 0 Å². The Kier molecular flexibility index (Phi) is 6.54. The maximum Gasteiger partial charge on any atom is 0.277 e. The van der Waals surface area contributed by atoms with Gasteiger partial charge in [0.25, 0.3) is 5.91 Å². The van der Waals surface area contributed by atoms with Crippen LogP contribution in [0.3, 0.4) is 0 Å². The summed E-state index contributed by atoms with van der Waals surface area (Å²) in [4.78, 5) is 12.1. The van der Waals surface area contributed by atoms with Gasteiger partial charge in [-0.15, -0.1) is 0 Å². The number of benzene rings is 2. The number of allylic oxidation sites excluding steroid dienone is 1. The van der Waals surface area contributed by atoms with Gasteiger partial charge in [0.1, 0.15) is 5.75 Å². The number of ether oxygens (including phenoxy) is 3. The van der Waals surface area contributed by atoms with Crippen LogP contribution in [0.5, 0.6) is 17.2 Å². The zero-order chi connectivity index (χ0) is 20.8. The highest BCUT2D eigenvalue weighted by molar-refractivity contribution is 5.97. The van der Waals surface area contributed by atoms with E-state index in [1.807, 2.05) is 62.4 Å². The standard InChI is InChI=1S/C23H26N2O4/c1-15(2)19-9-5-16(3)11-21(19)27-13-23(26)25-24-17(4)6-7-18-8-10-20-22(12-18)29-14-28-20/h5-12,15H,13-14H2,1-4H3,(H,25,26)/b7-6+,24-17-. The first-order valence-electron chi connectivity index (χ1n) is 9.56. The summed E-state index contributed by atoms with van der Waals surface area (Å²) in [6, 6.07) is 11.7. The van der Waals surface area contributed by atoms with Crippen LogP contribution in [-0.4, -0.2) is 25.0 Å². The molecule has 152 valence electrons. The third-order valence-electron chi connectivity index (χ3n) is 4.42. The molecular formula is C23H26N2O4. The lowest BCUT2D eigenvalue weighted by atomic mass is 10.0. The number of hydrogen-bond acceptors (Lipinski definition) is 5. The van der Waals surface area contributed by atoms with E-state index >= 15 is 0 Å². The highest BCUT2D eigenvalue weighted by Crippen LogP contribution is 2.32. The van der Waals surface area contributed by atoms with Crippen LogP contribution >= 0.6 is 0 Å². The fourth-order valence-electron chi connectivity index (χ4n) is 2.84. The Labute approximate surface area is 171 Å². The average molecular weight is 394 g/mol. The van der Waals surface area contributed by atoms with Crippen molar-refractivity contribution in [3.05, 3.63) is 59.2 Å². The van der Waals surface area contributed by atoms with Crippen molar-refractivity contribution < 1.29 is 19.0 Å². The molecule has 1 heterocycles. The second-order valence-corrected chi connectivity index (χ2v) is 7.22. The summed E-state index contributed by atoms with van der Waals surface area (Å²) >= 11 is 0. The van der Waals surface area contributed by atoms with E-state index in [0.29, 0.717) is 11.6 Å². The molecule has 2 aromatic rings. The van der Waals surface area contributed by atoms with Crippen molar-refractivity contribution in [2.24, 2.45) is 5.10 Å². The van der Waals surface area contributed by atoms with Gasteiger partial charge in [-0.1, -0.05) is 38.1 Å². The van der Waals surface area contributed by atoms with E-state index in [9.17, 15) is 4.79 Å². The van der Waals surface area contributed by atoms with Gasteiger partial charge in [-0.3, -0.25) is 4.79 Å². The Morgan fingerprint density at radius 3 is 2.79 bits per heavy atom. The molecular weight excluding hydrogens is 368 g/mol. The summed E-state index contributed by atoms with van der Waals surface area (Å²) in [7, 11) is 0. The maximum absolute atomic E-state index is 12.1. The van der Waals surface area contributed by atoms with Crippen LogP contribution in [0.25, 0.3) is 6.08 Å². The average Bonchev–Trinajstić information content (AvgIpc) is 3.16. The van der Waals surface area contributed by atoms with Crippen LogP contribution < -0.4 is 19.6 Å². The molecule has 6 nitrogen and oxygen atoms in total. The first kappa shape index (κ1) is 20.5. The third kappa shape index (κ3) is 5.60. The Balaban J connectivity index is 1.53. The molecule has 0 radical (unpaired) electrons. The van der Waals surface area contributed by atoms with Gasteiger partial charge in [0.2, 0.25) is 6.79 Å². The quantitative estimate of drug-likeness (QED) is 0.557. The predicted molar refractivity (Wildman–Crippen MR) is 114 cm³/mol. The van der Waals surface area contributed by atoms with Gasteiger partial charge < -0.3 is 14.2 Å². The van der Waals surface area contributed by atoms with Crippen LogP contribution in [0, 0.1) is 6.92 Å². The number of hydrazone groups is 1. The van der Waals surface area contributed by atoms with Gasteiger partial charge in [-0.25, -0.2) is 5.43 Å². The van der Waals surface area contributed by atoms with Crippen LogP contribution in [0.4, 0.5) is 0 Å². The molecule has 1 aliphatic rings. The molecule has 0 fully saturated rings. The van der Waals surface area contributed by atoms with E-state index < -0.39 is 0 Å². The Morgan fingerprint density at radius 1 is 1.21 bits per heavy atom. The molecule has 29 heavy (non-hydrogen) atoms. The van der Waals surface area contributed by atoms with Gasteiger partial charge >= 0.3 is 0 Å². The predicted octanol–water partition coefficient (Wildman–Crippen LogP) is 4.43. The smallest absolute Gasteiger partial charge is 0.277 e. The molecule has 6 heteroatoms. The first-order valence-corrected chi connectivity index (χ1v) is 9.56. The number of hydrogen-bond donors (Lipinski definition) is 1. The lowest BCUT2D eigenvalue weighted by molar-refractivity contribution is -0.123. The zero-order valence-electron chi connectivity index (χ0n) is 17.2. The molecule has 1 aliphatic heterocycles. The number of nitrogens with one attached hydrogen (secondary N) is 1. The lowest BCUT2D eigenvalue weighted by Crippen LogP contribution is -2.25. The summed E-state index contributed by atoms with van der Waals surface area (Å²) in [5.41, 5.74) is 6.31. The molecule has 2 aromatic carbocycles. The minimum atomic E-state index is -0.308. The lowest BCUT2D eigenvalue weighted by Gasteiger charge is -2.14. The van der Waals surface area contributed by atoms with E-state index in [-0.39, 0.29) is 19.3 Å². The molecule has 0 saturated carbocycles. The fraction of sp³-hybridized carbons (Fsp3) is 0.304.